The van der Waals surface area contributed by atoms with Crippen LogP contribution in [0.5, 0.6) is 0 Å². The summed E-state index contributed by atoms with van der Waals surface area (Å²) in [6.45, 7) is 0.739. The molecule has 124 valence electrons. The Hall–Kier alpha value is -3.60. The minimum absolute atomic E-state index is 0.158. The number of carbonyl (C=O) groups is 1. The van der Waals surface area contributed by atoms with Crippen molar-refractivity contribution in [3.63, 3.8) is 0 Å². The molecule has 0 radical (unpaired) electrons. The van der Waals surface area contributed by atoms with E-state index in [0.29, 0.717) is 24.3 Å². The van der Waals surface area contributed by atoms with Crippen molar-refractivity contribution in [1.82, 2.24) is 30.1 Å². The third-order valence-electron chi connectivity index (χ3n) is 3.58. The summed E-state index contributed by atoms with van der Waals surface area (Å²) < 4.78 is 1.48. The second-order valence-electron chi connectivity index (χ2n) is 5.30. The number of pyridine rings is 1. The summed E-state index contributed by atoms with van der Waals surface area (Å²) in [5.74, 6) is -0.158. The van der Waals surface area contributed by atoms with E-state index < -0.39 is 0 Å². The van der Waals surface area contributed by atoms with Gasteiger partial charge >= 0.3 is 0 Å². The molecule has 0 bridgehead atoms. The van der Waals surface area contributed by atoms with E-state index in [0.717, 1.165) is 5.56 Å². The van der Waals surface area contributed by atoms with Crippen LogP contribution in [-0.4, -0.2) is 42.5 Å². The predicted molar refractivity (Wildman–Crippen MR) is 88.4 cm³/mol. The molecule has 0 atom stereocenters. The van der Waals surface area contributed by atoms with Gasteiger partial charge in [0.25, 0.3) is 5.91 Å². The van der Waals surface area contributed by atoms with E-state index in [1.165, 1.54) is 11.0 Å². The first-order valence-corrected chi connectivity index (χ1v) is 7.66. The Kier molecular flexibility index (Phi) is 5.07. The Balaban J connectivity index is 1.84. The molecule has 8 nitrogen and oxygen atoms in total. The predicted octanol–water partition coefficient (Wildman–Crippen LogP) is 1.61. The molecular weight excluding hydrogens is 318 g/mol. The Morgan fingerprint density at radius 2 is 2.20 bits per heavy atom. The van der Waals surface area contributed by atoms with Gasteiger partial charge in [0.15, 0.2) is 0 Å². The highest BCUT2D eigenvalue weighted by molar-refractivity contribution is 5.94. The minimum atomic E-state index is -0.158. The Labute approximate surface area is 144 Å². The molecule has 0 aliphatic rings. The van der Waals surface area contributed by atoms with Crippen LogP contribution in [0.1, 0.15) is 22.3 Å². The van der Waals surface area contributed by atoms with Crippen molar-refractivity contribution in [1.29, 1.82) is 5.26 Å². The molecule has 0 spiro atoms. The first-order chi connectivity index (χ1) is 12.3. The second kappa shape index (κ2) is 7.79. The molecule has 0 unspecified atom stereocenters. The number of tetrazole rings is 1. The standard InChI is InChI=1S/C17H15N7O/c18-7-3-9-23(12-14-4-2-8-19-11-14)17(25)15-5-1-6-16(10-15)24-13-20-21-22-24/h1-2,4-6,8,10-11,13H,3,9,12H2. The van der Waals surface area contributed by atoms with Crippen LogP contribution >= 0.6 is 0 Å². The number of rotatable bonds is 6. The summed E-state index contributed by atoms with van der Waals surface area (Å²) in [6.07, 6.45) is 5.12. The van der Waals surface area contributed by atoms with Gasteiger partial charge in [-0.25, -0.2) is 4.68 Å². The topological polar surface area (TPSA) is 101 Å². The van der Waals surface area contributed by atoms with E-state index in [-0.39, 0.29) is 12.3 Å². The third-order valence-corrected chi connectivity index (χ3v) is 3.58. The van der Waals surface area contributed by atoms with Crippen LogP contribution in [0.15, 0.2) is 55.1 Å². The highest BCUT2D eigenvalue weighted by atomic mass is 16.2. The Morgan fingerprint density at radius 3 is 2.92 bits per heavy atom. The first kappa shape index (κ1) is 16.3. The van der Waals surface area contributed by atoms with Gasteiger partial charge in [-0.3, -0.25) is 9.78 Å². The highest BCUT2D eigenvalue weighted by Crippen LogP contribution is 2.14. The fraction of sp³-hybridized carbons (Fsp3) is 0.176. The molecule has 3 rings (SSSR count). The summed E-state index contributed by atoms with van der Waals surface area (Å²) in [7, 11) is 0. The van der Waals surface area contributed by atoms with E-state index >= 15 is 0 Å². The fourth-order valence-electron chi connectivity index (χ4n) is 2.39. The maximum absolute atomic E-state index is 12.9. The first-order valence-electron chi connectivity index (χ1n) is 7.66. The van der Waals surface area contributed by atoms with Crippen molar-refractivity contribution < 1.29 is 4.79 Å². The van der Waals surface area contributed by atoms with Crippen LogP contribution in [0.3, 0.4) is 0 Å². The zero-order valence-corrected chi connectivity index (χ0v) is 13.4. The van der Waals surface area contributed by atoms with E-state index in [4.69, 9.17) is 5.26 Å². The zero-order valence-electron chi connectivity index (χ0n) is 13.4. The van der Waals surface area contributed by atoms with Crippen molar-refractivity contribution in [3.8, 4) is 11.8 Å². The summed E-state index contributed by atoms with van der Waals surface area (Å²) in [6, 6.07) is 12.9. The van der Waals surface area contributed by atoms with Crippen LogP contribution in [0, 0.1) is 11.3 Å². The van der Waals surface area contributed by atoms with Gasteiger partial charge in [0.2, 0.25) is 0 Å². The smallest absolute Gasteiger partial charge is 0.254 e. The molecule has 2 aromatic heterocycles. The van der Waals surface area contributed by atoms with E-state index in [1.54, 1.807) is 35.5 Å². The van der Waals surface area contributed by atoms with Gasteiger partial charge in [0.1, 0.15) is 6.33 Å². The van der Waals surface area contributed by atoms with Crippen LogP contribution in [-0.2, 0) is 6.54 Å². The Morgan fingerprint density at radius 1 is 1.28 bits per heavy atom. The number of aromatic nitrogens is 5. The molecule has 1 aromatic carbocycles. The average Bonchev–Trinajstić information content (AvgIpc) is 3.20. The van der Waals surface area contributed by atoms with E-state index in [9.17, 15) is 4.79 Å². The van der Waals surface area contributed by atoms with Crippen LogP contribution < -0.4 is 0 Å². The van der Waals surface area contributed by atoms with Crippen molar-refractivity contribution in [3.05, 3.63) is 66.2 Å². The lowest BCUT2D eigenvalue weighted by Gasteiger charge is -2.22. The van der Waals surface area contributed by atoms with E-state index in [2.05, 4.69) is 26.6 Å². The maximum atomic E-state index is 12.9. The number of hydrogen-bond acceptors (Lipinski definition) is 6. The lowest BCUT2D eigenvalue weighted by molar-refractivity contribution is 0.0746. The number of amides is 1. The Bertz CT molecular complexity index is 872. The van der Waals surface area contributed by atoms with Crippen LogP contribution in [0.2, 0.25) is 0 Å². The largest absolute Gasteiger partial charge is 0.333 e. The number of hydrogen-bond donors (Lipinski definition) is 0. The van der Waals surface area contributed by atoms with Crippen molar-refractivity contribution in [2.75, 3.05) is 6.54 Å². The number of nitrogens with zero attached hydrogens (tertiary/aromatic N) is 7. The fourth-order valence-corrected chi connectivity index (χ4v) is 2.39. The molecule has 3 aromatic rings. The van der Waals surface area contributed by atoms with E-state index in [1.807, 2.05) is 18.2 Å². The summed E-state index contributed by atoms with van der Waals surface area (Å²) in [5, 5.41) is 19.9. The second-order valence-corrected chi connectivity index (χ2v) is 5.30. The molecule has 0 aliphatic carbocycles. The summed E-state index contributed by atoms with van der Waals surface area (Å²) in [5.41, 5.74) is 2.11. The molecule has 8 heteroatoms. The van der Waals surface area contributed by atoms with Crippen molar-refractivity contribution >= 4 is 5.91 Å². The van der Waals surface area contributed by atoms with Crippen molar-refractivity contribution in [2.24, 2.45) is 0 Å². The average molecular weight is 333 g/mol. The number of nitriles is 1. The molecule has 0 saturated heterocycles. The molecule has 0 saturated carbocycles. The van der Waals surface area contributed by atoms with Gasteiger partial charge in [0, 0.05) is 31.0 Å². The number of benzene rings is 1. The van der Waals surface area contributed by atoms with Crippen molar-refractivity contribution in [2.45, 2.75) is 13.0 Å². The van der Waals surface area contributed by atoms with Gasteiger partial charge in [0.05, 0.1) is 18.2 Å². The third kappa shape index (κ3) is 4.03. The van der Waals surface area contributed by atoms with Gasteiger partial charge in [-0.15, -0.1) is 5.10 Å². The lowest BCUT2D eigenvalue weighted by Crippen LogP contribution is -2.31. The summed E-state index contributed by atoms with van der Waals surface area (Å²) in [4.78, 5) is 18.6. The zero-order chi connectivity index (χ0) is 17.5. The quantitative estimate of drug-likeness (QED) is 0.679. The minimum Gasteiger partial charge on any atom is -0.333 e. The molecule has 1 amide bonds. The molecule has 25 heavy (non-hydrogen) atoms. The highest BCUT2D eigenvalue weighted by Gasteiger charge is 2.17. The number of carbonyl (C=O) groups excluding carboxylic acids is 1. The normalized spacial score (nSPS) is 10.2. The van der Waals surface area contributed by atoms with Gasteiger partial charge in [-0.2, -0.15) is 5.26 Å². The lowest BCUT2D eigenvalue weighted by atomic mass is 10.1. The summed E-state index contributed by atoms with van der Waals surface area (Å²) >= 11 is 0. The van der Waals surface area contributed by atoms with Crippen LogP contribution in [0.25, 0.3) is 5.69 Å². The molecule has 0 N–H and O–H groups in total. The molecule has 2 heterocycles. The molecular formula is C17H15N7O. The van der Waals surface area contributed by atoms with Gasteiger partial charge in [-0.05, 0) is 40.3 Å². The molecule has 0 fully saturated rings. The van der Waals surface area contributed by atoms with Gasteiger partial charge < -0.3 is 4.90 Å². The monoisotopic (exact) mass is 333 g/mol. The molecule has 0 aliphatic heterocycles. The van der Waals surface area contributed by atoms with Gasteiger partial charge in [-0.1, -0.05) is 12.1 Å². The maximum Gasteiger partial charge on any atom is 0.254 e. The van der Waals surface area contributed by atoms with Crippen LogP contribution in [0.4, 0.5) is 0 Å². The SMILES string of the molecule is N#CCCN(Cc1cccnc1)C(=O)c1cccc(-n2cnnn2)c1.